The van der Waals surface area contributed by atoms with Gasteiger partial charge in [0, 0.05) is 14.6 Å². The van der Waals surface area contributed by atoms with Crippen LogP contribution in [-0.4, -0.2) is 7.05 Å². The van der Waals surface area contributed by atoms with Gasteiger partial charge in [0.15, 0.2) is 0 Å². The molecule has 2 aromatic rings. The molecule has 19 heavy (non-hydrogen) atoms. The molecular formula is C15H15ClINO. The summed E-state index contributed by atoms with van der Waals surface area (Å²) in [4.78, 5) is 0. The molecule has 0 spiro atoms. The van der Waals surface area contributed by atoms with E-state index in [0.29, 0.717) is 5.02 Å². The van der Waals surface area contributed by atoms with Crippen LogP contribution in [0.5, 0.6) is 11.5 Å². The van der Waals surface area contributed by atoms with Crippen molar-refractivity contribution in [2.75, 3.05) is 7.05 Å². The average Bonchev–Trinajstić information content (AvgIpc) is 2.41. The molecule has 0 radical (unpaired) electrons. The lowest BCUT2D eigenvalue weighted by molar-refractivity contribution is 0.482. The molecule has 0 saturated heterocycles. The summed E-state index contributed by atoms with van der Waals surface area (Å²) in [7, 11) is 1.91. The Kier molecular flexibility index (Phi) is 5.07. The summed E-state index contributed by atoms with van der Waals surface area (Å²) in [5.41, 5.74) is 1.07. The molecular weight excluding hydrogens is 373 g/mol. The fourth-order valence-electron chi connectivity index (χ4n) is 1.72. The van der Waals surface area contributed by atoms with Gasteiger partial charge in [-0.2, -0.15) is 0 Å². The highest BCUT2D eigenvalue weighted by molar-refractivity contribution is 14.1. The van der Waals surface area contributed by atoms with Gasteiger partial charge in [-0.05, 0) is 78.5 Å². The molecule has 0 aliphatic heterocycles. The van der Waals surface area contributed by atoms with Crippen molar-refractivity contribution in [3.63, 3.8) is 0 Å². The number of halogens is 2. The van der Waals surface area contributed by atoms with Crippen LogP contribution in [0.3, 0.4) is 0 Å². The molecule has 0 fully saturated rings. The topological polar surface area (TPSA) is 21.3 Å². The third-order valence-corrected chi connectivity index (χ3v) is 3.97. The molecule has 1 atom stereocenters. The molecule has 0 amide bonds. The Balaban J connectivity index is 2.18. The Morgan fingerprint density at radius 2 is 1.74 bits per heavy atom. The quantitative estimate of drug-likeness (QED) is 0.744. The molecule has 2 aromatic carbocycles. The first-order chi connectivity index (χ1) is 9.10. The first-order valence-corrected chi connectivity index (χ1v) is 7.46. The third kappa shape index (κ3) is 3.84. The first-order valence-electron chi connectivity index (χ1n) is 6.00. The Bertz CT molecular complexity index is 557. The summed E-state index contributed by atoms with van der Waals surface area (Å²) in [6, 6.07) is 13.9. The molecule has 0 saturated carbocycles. The lowest BCUT2D eigenvalue weighted by Crippen LogP contribution is -2.12. The van der Waals surface area contributed by atoms with E-state index in [4.69, 9.17) is 16.3 Å². The average molecular weight is 388 g/mol. The summed E-state index contributed by atoms with van der Waals surface area (Å²) in [5, 5.41) is 3.88. The van der Waals surface area contributed by atoms with Gasteiger partial charge in [0.25, 0.3) is 0 Å². The first kappa shape index (κ1) is 14.6. The number of ether oxygens (including phenoxy) is 1. The van der Waals surface area contributed by atoms with Crippen molar-refractivity contribution in [2.45, 2.75) is 13.0 Å². The van der Waals surface area contributed by atoms with Crippen LogP contribution in [0.25, 0.3) is 0 Å². The molecule has 0 aliphatic carbocycles. The van der Waals surface area contributed by atoms with Crippen LogP contribution in [0.15, 0.2) is 42.5 Å². The largest absolute Gasteiger partial charge is 0.457 e. The van der Waals surface area contributed by atoms with Gasteiger partial charge in [0.2, 0.25) is 0 Å². The summed E-state index contributed by atoms with van der Waals surface area (Å²) < 4.78 is 6.96. The van der Waals surface area contributed by atoms with E-state index in [0.717, 1.165) is 17.1 Å². The minimum absolute atomic E-state index is 0.222. The lowest BCUT2D eigenvalue weighted by atomic mass is 10.1. The molecule has 4 heteroatoms. The van der Waals surface area contributed by atoms with E-state index >= 15 is 0 Å². The monoisotopic (exact) mass is 387 g/mol. The van der Waals surface area contributed by atoms with Gasteiger partial charge in [-0.3, -0.25) is 0 Å². The second kappa shape index (κ2) is 6.59. The highest BCUT2D eigenvalue weighted by Gasteiger charge is 2.09. The van der Waals surface area contributed by atoms with Crippen LogP contribution in [0.4, 0.5) is 0 Å². The fourth-order valence-corrected chi connectivity index (χ4v) is 2.41. The number of benzene rings is 2. The summed E-state index contributed by atoms with van der Waals surface area (Å²) >= 11 is 8.54. The molecule has 0 aliphatic rings. The summed E-state index contributed by atoms with van der Waals surface area (Å²) in [6.07, 6.45) is 0. The predicted octanol–water partition coefficient (Wildman–Crippen LogP) is 5.02. The van der Waals surface area contributed by atoms with E-state index in [1.165, 1.54) is 3.57 Å². The van der Waals surface area contributed by atoms with Crippen LogP contribution < -0.4 is 10.1 Å². The predicted molar refractivity (Wildman–Crippen MR) is 88.2 cm³/mol. The van der Waals surface area contributed by atoms with Gasteiger partial charge in [-0.25, -0.2) is 0 Å². The Morgan fingerprint density at radius 3 is 2.32 bits per heavy atom. The molecule has 0 heterocycles. The lowest BCUT2D eigenvalue weighted by Gasteiger charge is -2.14. The highest BCUT2D eigenvalue weighted by Crippen LogP contribution is 2.29. The number of nitrogens with one attached hydrogen (secondary N) is 1. The minimum Gasteiger partial charge on any atom is -0.457 e. The van der Waals surface area contributed by atoms with Crippen molar-refractivity contribution >= 4 is 34.2 Å². The maximum Gasteiger partial charge on any atom is 0.128 e. The van der Waals surface area contributed by atoms with Crippen molar-refractivity contribution in [1.29, 1.82) is 0 Å². The molecule has 1 unspecified atom stereocenters. The Morgan fingerprint density at radius 1 is 1.11 bits per heavy atom. The van der Waals surface area contributed by atoms with Gasteiger partial charge < -0.3 is 10.1 Å². The highest BCUT2D eigenvalue weighted by atomic mass is 127. The normalized spacial score (nSPS) is 12.2. The van der Waals surface area contributed by atoms with Crippen molar-refractivity contribution < 1.29 is 4.74 Å². The van der Waals surface area contributed by atoms with E-state index in [-0.39, 0.29) is 6.04 Å². The zero-order valence-corrected chi connectivity index (χ0v) is 13.7. The summed E-state index contributed by atoms with van der Waals surface area (Å²) in [6.45, 7) is 2.07. The van der Waals surface area contributed by atoms with E-state index in [1.54, 1.807) is 0 Å². The van der Waals surface area contributed by atoms with Crippen LogP contribution in [0.1, 0.15) is 18.5 Å². The van der Waals surface area contributed by atoms with Crippen LogP contribution >= 0.6 is 34.2 Å². The van der Waals surface area contributed by atoms with Crippen LogP contribution in [0, 0.1) is 3.57 Å². The fraction of sp³-hybridized carbons (Fsp3) is 0.200. The van der Waals surface area contributed by atoms with Crippen LogP contribution in [0.2, 0.25) is 5.02 Å². The van der Waals surface area contributed by atoms with Crippen molar-refractivity contribution in [3.05, 3.63) is 56.6 Å². The maximum absolute atomic E-state index is 6.27. The van der Waals surface area contributed by atoms with E-state index < -0.39 is 0 Å². The van der Waals surface area contributed by atoms with E-state index in [2.05, 4.69) is 34.8 Å². The van der Waals surface area contributed by atoms with Crippen molar-refractivity contribution in [2.24, 2.45) is 0 Å². The van der Waals surface area contributed by atoms with Gasteiger partial charge >= 0.3 is 0 Å². The molecule has 0 aromatic heterocycles. The van der Waals surface area contributed by atoms with Crippen molar-refractivity contribution in [3.8, 4) is 11.5 Å². The standard InChI is InChI=1S/C15H15ClINO/c1-10(18-2)14-8-7-13(9-15(14)16)19-12-5-3-11(17)4-6-12/h3-10,18H,1-2H3. The smallest absolute Gasteiger partial charge is 0.128 e. The zero-order valence-electron chi connectivity index (χ0n) is 10.8. The third-order valence-electron chi connectivity index (χ3n) is 2.92. The molecule has 2 rings (SSSR count). The number of rotatable bonds is 4. The summed E-state index contributed by atoms with van der Waals surface area (Å²) in [5.74, 6) is 1.56. The Labute approximate surface area is 132 Å². The van der Waals surface area contributed by atoms with Gasteiger partial charge in [-0.15, -0.1) is 0 Å². The molecule has 1 N–H and O–H groups in total. The number of hydrogen-bond donors (Lipinski definition) is 1. The molecule has 0 bridgehead atoms. The van der Waals surface area contributed by atoms with Crippen molar-refractivity contribution in [1.82, 2.24) is 5.32 Å². The van der Waals surface area contributed by atoms with E-state index in [1.807, 2.05) is 49.5 Å². The maximum atomic E-state index is 6.27. The molecule has 100 valence electrons. The minimum atomic E-state index is 0.222. The van der Waals surface area contributed by atoms with Gasteiger partial charge in [0.05, 0.1) is 0 Å². The van der Waals surface area contributed by atoms with Gasteiger partial charge in [-0.1, -0.05) is 17.7 Å². The van der Waals surface area contributed by atoms with Gasteiger partial charge in [0.1, 0.15) is 11.5 Å². The van der Waals surface area contributed by atoms with Crippen LogP contribution in [-0.2, 0) is 0 Å². The Hall–Kier alpha value is -0.780. The SMILES string of the molecule is CNC(C)c1ccc(Oc2ccc(I)cc2)cc1Cl. The number of hydrogen-bond acceptors (Lipinski definition) is 2. The van der Waals surface area contributed by atoms with E-state index in [9.17, 15) is 0 Å². The zero-order chi connectivity index (χ0) is 13.8. The second-order valence-corrected chi connectivity index (χ2v) is 5.90. The molecule has 2 nitrogen and oxygen atoms in total. The second-order valence-electron chi connectivity index (χ2n) is 4.25.